The molecule has 0 aliphatic carbocycles. The average Bonchev–Trinajstić information content (AvgIpc) is 3.15. The second kappa shape index (κ2) is 8.49. The maximum atomic E-state index is 11.9. The van der Waals surface area contributed by atoms with Crippen molar-refractivity contribution in [3.63, 3.8) is 0 Å². The van der Waals surface area contributed by atoms with Crippen LogP contribution in [-0.4, -0.2) is 30.3 Å². The normalized spacial score (nSPS) is 17.4. The predicted molar refractivity (Wildman–Crippen MR) is 91.8 cm³/mol. The fraction of sp³-hybridized carbons (Fsp3) is 0.444. The van der Waals surface area contributed by atoms with Crippen LogP contribution in [0.15, 0.2) is 41.1 Å². The van der Waals surface area contributed by atoms with Crippen LogP contribution in [0, 0.1) is 0 Å². The van der Waals surface area contributed by atoms with E-state index in [0.717, 1.165) is 37.1 Å². The Morgan fingerprint density at radius 1 is 1.25 bits per heavy atom. The van der Waals surface area contributed by atoms with Gasteiger partial charge in [-0.3, -0.25) is 0 Å². The van der Waals surface area contributed by atoms with Gasteiger partial charge in [0.15, 0.2) is 0 Å². The lowest BCUT2D eigenvalue weighted by atomic mass is 10.0. The molecule has 0 unspecified atom stereocenters. The largest absolute Gasteiger partial charge is 0.445 e. The third-order valence-electron chi connectivity index (χ3n) is 4.08. The first-order chi connectivity index (χ1) is 11.8. The second-order valence-electron chi connectivity index (χ2n) is 5.93. The lowest BCUT2D eigenvalue weighted by molar-refractivity contribution is 0.0103. The summed E-state index contributed by atoms with van der Waals surface area (Å²) in [4.78, 5) is 16.0. The highest BCUT2D eigenvalue weighted by atomic mass is 16.5. The number of aromatic nitrogens is 1. The maximum absolute atomic E-state index is 11.9. The van der Waals surface area contributed by atoms with Gasteiger partial charge in [-0.05, 0) is 56.4 Å². The van der Waals surface area contributed by atoms with Crippen LogP contribution in [0.2, 0.25) is 0 Å². The Labute approximate surface area is 141 Å². The molecule has 0 spiro atoms. The summed E-state index contributed by atoms with van der Waals surface area (Å²) in [6, 6.07) is 7.19. The zero-order valence-corrected chi connectivity index (χ0v) is 13.7. The van der Waals surface area contributed by atoms with Crippen molar-refractivity contribution in [3.05, 3.63) is 36.7 Å². The standard InChI is InChI=1S/C18H23N3O3/c22-18(20-10-3-5-16-4-1-2-12-23-16)21-15-8-6-14(7-9-15)17-19-11-13-24-17/h6-9,11,13,16H,1-5,10,12H2,(H2,20,21,22)/t16-/m1/s1. The fourth-order valence-corrected chi connectivity index (χ4v) is 2.80. The Morgan fingerprint density at radius 3 is 2.83 bits per heavy atom. The molecule has 6 heteroatoms. The minimum Gasteiger partial charge on any atom is -0.445 e. The van der Waals surface area contributed by atoms with Gasteiger partial charge in [0.25, 0.3) is 0 Å². The molecular weight excluding hydrogens is 306 g/mol. The summed E-state index contributed by atoms with van der Waals surface area (Å²) < 4.78 is 10.9. The van der Waals surface area contributed by atoms with Crippen molar-refractivity contribution in [1.82, 2.24) is 10.3 Å². The first kappa shape index (κ1) is 16.5. The predicted octanol–water partition coefficient (Wildman–Crippen LogP) is 3.81. The minimum absolute atomic E-state index is 0.191. The van der Waals surface area contributed by atoms with E-state index >= 15 is 0 Å². The van der Waals surface area contributed by atoms with E-state index in [4.69, 9.17) is 9.15 Å². The Morgan fingerprint density at radius 2 is 2.12 bits per heavy atom. The van der Waals surface area contributed by atoms with Gasteiger partial charge in [-0.2, -0.15) is 0 Å². The lowest BCUT2D eigenvalue weighted by Gasteiger charge is -2.22. The van der Waals surface area contributed by atoms with Crippen molar-refractivity contribution in [2.75, 3.05) is 18.5 Å². The molecule has 0 bridgehead atoms. The number of carbonyl (C=O) groups excluding carboxylic acids is 1. The van der Waals surface area contributed by atoms with Gasteiger partial charge in [0.2, 0.25) is 5.89 Å². The topological polar surface area (TPSA) is 76.4 Å². The molecule has 24 heavy (non-hydrogen) atoms. The number of anilines is 1. The molecule has 2 heterocycles. The van der Waals surface area contributed by atoms with Gasteiger partial charge < -0.3 is 19.8 Å². The zero-order valence-electron chi connectivity index (χ0n) is 13.7. The van der Waals surface area contributed by atoms with Gasteiger partial charge in [0.05, 0.1) is 12.3 Å². The van der Waals surface area contributed by atoms with Gasteiger partial charge in [-0.1, -0.05) is 0 Å². The zero-order chi connectivity index (χ0) is 16.6. The van der Waals surface area contributed by atoms with Crippen LogP contribution in [0.5, 0.6) is 0 Å². The molecule has 2 amide bonds. The smallest absolute Gasteiger partial charge is 0.319 e. The first-order valence-corrected chi connectivity index (χ1v) is 8.47. The molecule has 1 fully saturated rings. The van der Waals surface area contributed by atoms with Crippen molar-refractivity contribution in [1.29, 1.82) is 0 Å². The molecule has 1 aliphatic rings. The highest BCUT2D eigenvalue weighted by Gasteiger charge is 2.13. The number of nitrogens with one attached hydrogen (secondary N) is 2. The van der Waals surface area contributed by atoms with E-state index < -0.39 is 0 Å². The van der Waals surface area contributed by atoms with Crippen LogP contribution in [0.4, 0.5) is 10.5 Å². The number of hydrogen-bond donors (Lipinski definition) is 2. The first-order valence-electron chi connectivity index (χ1n) is 8.47. The van der Waals surface area contributed by atoms with Crippen molar-refractivity contribution in [2.24, 2.45) is 0 Å². The summed E-state index contributed by atoms with van der Waals surface area (Å²) in [6.07, 6.45) is 9.01. The van der Waals surface area contributed by atoms with Crippen LogP contribution < -0.4 is 10.6 Å². The molecule has 1 atom stereocenters. The molecule has 1 aromatic heterocycles. The second-order valence-corrected chi connectivity index (χ2v) is 5.93. The molecule has 2 N–H and O–H groups in total. The SMILES string of the molecule is O=C(NCCC[C@H]1CCCCO1)Nc1ccc(-c2ncco2)cc1. The Bertz CT molecular complexity index is 619. The van der Waals surface area contributed by atoms with Gasteiger partial charge in [-0.15, -0.1) is 0 Å². The molecule has 2 aromatic rings. The van der Waals surface area contributed by atoms with Crippen molar-refractivity contribution in [3.8, 4) is 11.5 Å². The number of urea groups is 1. The van der Waals surface area contributed by atoms with E-state index in [1.54, 1.807) is 6.20 Å². The van der Waals surface area contributed by atoms with Gasteiger partial charge in [-0.25, -0.2) is 9.78 Å². The van der Waals surface area contributed by atoms with Crippen LogP contribution in [0.25, 0.3) is 11.5 Å². The summed E-state index contributed by atoms with van der Waals surface area (Å²) >= 11 is 0. The highest BCUT2D eigenvalue weighted by molar-refractivity contribution is 5.89. The van der Waals surface area contributed by atoms with Gasteiger partial charge in [0.1, 0.15) is 6.26 Å². The molecule has 128 valence electrons. The summed E-state index contributed by atoms with van der Waals surface area (Å²) in [5.41, 5.74) is 1.61. The van der Waals surface area contributed by atoms with E-state index in [9.17, 15) is 4.79 Å². The molecule has 6 nitrogen and oxygen atoms in total. The number of hydrogen-bond acceptors (Lipinski definition) is 4. The van der Waals surface area contributed by atoms with Crippen LogP contribution >= 0.6 is 0 Å². The minimum atomic E-state index is -0.191. The van der Waals surface area contributed by atoms with Crippen LogP contribution in [0.3, 0.4) is 0 Å². The van der Waals surface area contributed by atoms with E-state index in [2.05, 4.69) is 15.6 Å². The number of ether oxygens (including phenoxy) is 1. The number of carbonyl (C=O) groups is 1. The molecule has 3 rings (SSSR count). The lowest BCUT2D eigenvalue weighted by Crippen LogP contribution is -2.30. The molecule has 1 aliphatic heterocycles. The van der Waals surface area contributed by atoms with E-state index in [-0.39, 0.29) is 6.03 Å². The number of nitrogens with zero attached hydrogens (tertiary/aromatic N) is 1. The van der Waals surface area contributed by atoms with Crippen molar-refractivity contribution in [2.45, 2.75) is 38.2 Å². The monoisotopic (exact) mass is 329 g/mol. The van der Waals surface area contributed by atoms with Crippen molar-refractivity contribution >= 4 is 11.7 Å². The number of rotatable bonds is 6. The molecule has 1 aromatic carbocycles. The molecular formula is C18H23N3O3. The van der Waals surface area contributed by atoms with Crippen molar-refractivity contribution < 1.29 is 13.9 Å². The Hall–Kier alpha value is -2.34. The average molecular weight is 329 g/mol. The summed E-state index contributed by atoms with van der Waals surface area (Å²) in [6.45, 7) is 1.53. The van der Waals surface area contributed by atoms with Crippen LogP contribution in [0.1, 0.15) is 32.1 Å². The van der Waals surface area contributed by atoms with Crippen LogP contribution in [-0.2, 0) is 4.74 Å². The molecule has 1 saturated heterocycles. The molecule has 0 radical (unpaired) electrons. The Balaban J connectivity index is 1.37. The van der Waals surface area contributed by atoms with Gasteiger partial charge in [0, 0.05) is 24.4 Å². The summed E-state index contributed by atoms with van der Waals surface area (Å²) in [7, 11) is 0. The highest BCUT2D eigenvalue weighted by Crippen LogP contribution is 2.19. The third kappa shape index (κ3) is 4.83. The Kier molecular flexibility index (Phi) is 5.85. The van der Waals surface area contributed by atoms with E-state index in [1.807, 2.05) is 24.3 Å². The third-order valence-corrected chi connectivity index (χ3v) is 4.08. The van der Waals surface area contributed by atoms with E-state index in [0.29, 0.717) is 18.5 Å². The maximum Gasteiger partial charge on any atom is 0.319 e. The molecule has 0 saturated carbocycles. The van der Waals surface area contributed by atoms with Gasteiger partial charge >= 0.3 is 6.03 Å². The quantitative estimate of drug-likeness (QED) is 0.790. The van der Waals surface area contributed by atoms with E-state index in [1.165, 1.54) is 19.1 Å². The fourth-order valence-electron chi connectivity index (χ4n) is 2.80. The number of amides is 2. The number of benzene rings is 1. The summed E-state index contributed by atoms with van der Waals surface area (Å²) in [5.74, 6) is 0.566. The number of oxazole rings is 1. The summed E-state index contributed by atoms with van der Waals surface area (Å²) in [5, 5.41) is 5.70.